The molecule has 0 aliphatic heterocycles. The van der Waals surface area contributed by atoms with Crippen molar-refractivity contribution >= 4 is 5.69 Å². The molecule has 0 saturated carbocycles. The van der Waals surface area contributed by atoms with Gasteiger partial charge in [0.05, 0.1) is 6.10 Å². The molecule has 2 heteroatoms. The van der Waals surface area contributed by atoms with Gasteiger partial charge >= 0.3 is 0 Å². The van der Waals surface area contributed by atoms with E-state index >= 15 is 0 Å². The molecule has 0 bridgehead atoms. The molecule has 2 rings (SSSR count). The smallest absolute Gasteiger partial charge is 0.0792 e. The summed E-state index contributed by atoms with van der Waals surface area (Å²) in [6, 6.07) is 6.76. The average Bonchev–Trinajstić information content (AvgIpc) is 2.17. The molecular formula is C13H19NO. The van der Waals surface area contributed by atoms with Gasteiger partial charge in [0.15, 0.2) is 0 Å². The maximum absolute atomic E-state index is 9.81. The van der Waals surface area contributed by atoms with Crippen molar-refractivity contribution in [2.24, 2.45) is 0 Å². The molecule has 0 fully saturated rings. The average molecular weight is 205 g/mol. The second-order valence-corrected chi connectivity index (χ2v) is 4.62. The lowest BCUT2D eigenvalue weighted by Crippen LogP contribution is -2.12. The largest absolute Gasteiger partial charge is 0.388 e. The third kappa shape index (κ3) is 2.32. The van der Waals surface area contributed by atoms with Gasteiger partial charge in [0.25, 0.3) is 0 Å². The SMILES string of the molecule is CC(C)Nc1ccc2c(c1)CCCC2O. The maximum Gasteiger partial charge on any atom is 0.0792 e. The van der Waals surface area contributed by atoms with Crippen molar-refractivity contribution in [1.82, 2.24) is 0 Å². The summed E-state index contributed by atoms with van der Waals surface area (Å²) in [4.78, 5) is 0. The number of fused-ring (bicyclic) bond motifs is 1. The Labute approximate surface area is 91.3 Å². The van der Waals surface area contributed by atoms with Gasteiger partial charge in [0.2, 0.25) is 0 Å². The molecule has 2 N–H and O–H groups in total. The Bertz CT molecular complexity index is 346. The number of hydrogen-bond acceptors (Lipinski definition) is 2. The highest BCUT2D eigenvalue weighted by Crippen LogP contribution is 2.31. The quantitative estimate of drug-likeness (QED) is 0.778. The first kappa shape index (κ1) is 10.5. The summed E-state index contributed by atoms with van der Waals surface area (Å²) in [5.41, 5.74) is 3.59. The lowest BCUT2D eigenvalue weighted by molar-refractivity contribution is 0.156. The number of hydrogen-bond donors (Lipinski definition) is 2. The van der Waals surface area contributed by atoms with E-state index in [1.165, 1.54) is 5.56 Å². The Hall–Kier alpha value is -1.02. The first-order valence-corrected chi connectivity index (χ1v) is 5.74. The fourth-order valence-electron chi connectivity index (χ4n) is 2.21. The van der Waals surface area contributed by atoms with Crippen molar-refractivity contribution in [3.8, 4) is 0 Å². The standard InChI is InChI=1S/C13H19NO/c1-9(2)14-11-6-7-12-10(8-11)4-3-5-13(12)15/h6-9,13-15H,3-5H2,1-2H3. The van der Waals surface area contributed by atoms with Crippen molar-refractivity contribution in [1.29, 1.82) is 0 Å². The van der Waals surface area contributed by atoms with Crippen LogP contribution in [0.1, 0.15) is 43.9 Å². The molecule has 0 aromatic heterocycles. The second-order valence-electron chi connectivity index (χ2n) is 4.62. The molecule has 1 aliphatic carbocycles. The normalized spacial score (nSPS) is 20.1. The fourth-order valence-corrected chi connectivity index (χ4v) is 2.21. The molecule has 0 heterocycles. The Morgan fingerprint density at radius 3 is 2.93 bits per heavy atom. The second kappa shape index (κ2) is 4.23. The third-order valence-corrected chi connectivity index (χ3v) is 2.88. The minimum Gasteiger partial charge on any atom is -0.388 e. The molecular weight excluding hydrogens is 186 g/mol. The Kier molecular flexibility index (Phi) is 2.96. The summed E-state index contributed by atoms with van der Waals surface area (Å²) < 4.78 is 0. The highest BCUT2D eigenvalue weighted by molar-refractivity contribution is 5.50. The predicted octanol–water partition coefficient (Wildman–Crippen LogP) is 2.88. The minimum absolute atomic E-state index is 0.248. The molecule has 1 unspecified atom stereocenters. The molecule has 2 nitrogen and oxygen atoms in total. The molecule has 1 aliphatic rings. The van der Waals surface area contributed by atoms with Gasteiger partial charge in [-0.2, -0.15) is 0 Å². The lowest BCUT2D eigenvalue weighted by Gasteiger charge is -2.22. The van der Waals surface area contributed by atoms with Crippen LogP contribution >= 0.6 is 0 Å². The number of nitrogens with one attached hydrogen (secondary N) is 1. The van der Waals surface area contributed by atoms with Crippen LogP contribution in [0.2, 0.25) is 0 Å². The Morgan fingerprint density at radius 1 is 1.40 bits per heavy atom. The van der Waals surface area contributed by atoms with Crippen LogP contribution < -0.4 is 5.32 Å². The van der Waals surface area contributed by atoms with E-state index in [2.05, 4.69) is 37.4 Å². The summed E-state index contributed by atoms with van der Waals surface area (Å²) in [6.45, 7) is 4.27. The topological polar surface area (TPSA) is 32.3 Å². The molecule has 0 amide bonds. The zero-order chi connectivity index (χ0) is 10.8. The van der Waals surface area contributed by atoms with Gasteiger partial charge in [-0.25, -0.2) is 0 Å². The molecule has 1 aromatic rings. The molecule has 0 saturated heterocycles. The molecule has 15 heavy (non-hydrogen) atoms. The zero-order valence-corrected chi connectivity index (χ0v) is 9.46. The van der Waals surface area contributed by atoms with Gasteiger partial charge in [-0.1, -0.05) is 6.07 Å². The molecule has 0 radical (unpaired) electrons. The highest BCUT2D eigenvalue weighted by atomic mass is 16.3. The first-order valence-electron chi connectivity index (χ1n) is 5.74. The zero-order valence-electron chi connectivity index (χ0n) is 9.46. The van der Waals surface area contributed by atoms with E-state index in [1.54, 1.807) is 0 Å². The summed E-state index contributed by atoms with van der Waals surface area (Å²) in [5.74, 6) is 0. The number of aliphatic hydroxyl groups is 1. The Balaban J connectivity index is 2.25. The predicted molar refractivity (Wildman–Crippen MR) is 63.1 cm³/mol. The van der Waals surface area contributed by atoms with Crippen LogP contribution in [0, 0.1) is 0 Å². The number of rotatable bonds is 2. The van der Waals surface area contributed by atoms with Gasteiger partial charge in [-0.05, 0) is 56.4 Å². The minimum atomic E-state index is -0.248. The van der Waals surface area contributed by atoms with Gasteiger partial charge in [-0.15, -0.1) is 0 Å². The Morgan fingerprint density at radius 2 is 2.20 bits per heavy atom. The molecule has 1 atom stereocenters. The number of benzene rings is 1. The number of aryl methyl sites for hydroxylation is 1. The monoisotopic (exact) mass is 205 g/mol. The van der Waals surface area contributed by atoms with Crippen LogP contribution in [-0.4, -0.2) is 11.1 Å². The summed E-state index contributed by atoms with van der Waals surface area (Å²) in [5, 5.41) is 13.2. The van der Waals surface area contributed by atoms with Crippen LogP contribution in [0.5, 0.6) is 0 Å². The molecule has 82 valence electrons. The first-order chi connectivity index (χ1) is 7.16. The maximum atomic E-state index is 9.81. The van der Waals surface area contributed by atoms with Gasteiger partial charge in [-0.3, -0.25) is 0 Å². The number of aliphatic hydroxyl groups excluding tert-OH is 1. The van der Waals surface area contributed by atoms with Crippen molar-refractivity contribution in [2.75, 3.05) is 5.32 Å². The summed E-state index contributed by atoms with van der Waals surface area (Å²) in [6.07, 6.45) is 2.85. The van der Waals surface area contributed by atoms with Gasteiger partial charge in [0, 0.05) is 11.7 Å². The van der Waals surface area contributed by atoms with Crippen LogP contribution in [0.3, 0.4) is 0 Å². The highest BCUT2D eigenvalue weighted by Gasteiger charge is 2.17. The third-order valence-electron chi connectivity index (χ3n) is 2.88. The van der Waals surface area contributed by atoms with Gasteiger partial charge < -0.3 is 10.4 Å². The van der Waals surface area contributed by atoms with E-state index < -0.39 is 0 Å². The van der Waals surface area contributed by atoms with Crippen molar-refractivity contribution in [3.63, 3.8) is 0 Å². The van der Waals surface area contributed by atoms with E-state index in [0.29, 0.717) is 6.04 Å². The van der Waals surface area contributed by atoms with E-state index in [4.69, 9.17) is 0 Å². The van der Waals surface area contributed by atoms with E-state index in [0.717, 1.165) is 30.5 Å². The molecule has 0 spiro atoms. The van der Waals surface area contributed by atoms with Crippen molar-refractivity contribution in [3.05, 3.63) is 29.3 Å². The summed E-state index contributed by atoms with van der Waals surface area (Å²) >= 11 is 0. The lowest BCUT2D eigenvalue weighted by atomic mass is 9.89. The van der Waals surface area contributed by atoms with Crippen LogP contribution in [-0.2, 0) is 6.42 Å². The van der Waals surface area contributed by atoms with Crippen LogP contribution in [0.15, 0.2) is 18.2 Å². The van der Waals surface area contributed by atoms with E-state index in [-0.39, 0.29) is 6.10 Å². The van der Waals surface area contributed by atoms with Gasteiger partial charge in [0.1, 0.15) is 0 Å². The van der Waals surface area contributed by atoms with E-state index in [9.17, 15) is 5.11 Å². The van der Waals surface area contributed by atoms with Crippen LogP contribution in [0.25, 0.3) is 0 Å². The van der Waals surface area contributed by atoms with Crippen LogP contribution in [0.4, 0.5) is 5.69 Å². The van der Waals surface area contributed by atoms with E-state index in [1.807, 2.05) is 0 Å². The van der Waals surface area contributed by atoms with Crippen molar-refractivity contribution < 1.29 is 5.11 Å². The summed E-state index contributed by atoms with van der Waals surface area (Å²) in [7, 11) is 0. The van der Waals surface area contributed by atoms with Crippen molar-refractivity contribution in [2.45, 2.75) is 45.3 Å². The molecule has 1 aromatic carbocycles. The number of anilines is 1. The fraction of sp³-hybridized carbons (Fsp3) is 0.538.